The molecule has 0 amide bonds. The second kappa shape index (κ2) is 5.89. The Kier molecular flexibility index (Phi) is 4.80. The van der Waals surface area contributed by atoms with E-state index in [1.807, 2.05) is 32.9 Å². The van der Waals surface area contributed by atoms with Crippen LogP contribution in [-0.4, -0.2) is 0 Å². The zero-order valence-electron chi connectivity index (χ0n) is 10.0. The molecule has 15 heavy (non-hydrogen) atoms. The van der Waals surface area contributed by atoms with Crippen molar-refractivity contribution in [2.24, 2.45) is 0 Å². The average Bonchev–Trinajstić information content (AvgIpc) is 2.74. The van der Waals surface area contributed by atoms with Gasteiger partial charge in [-0.3, -0.25) is 0 Å². The highest BCUT2D eigenvalue weighted by molar-refractivity contribution is 5.26. The molecule has 0 N–H and O–H groups in total. The van der Waals surface area contributed by atoms with E-state index in [1.165, 1.54) is 25.7 Å². The Morgan fingerprint density at radius 1 is 1.13 bits per heavy atom. The van der Waals surface area contributed by atoms with Crippen LogP contribution in [0.3, 0.4) is 0 Å². The van der Waals surface area contributed by atoms with E-state index in [0.717, 1.165) is 11.1 Å². The van der Waals surface area contributed by atoms with Gasteiger partial charge in [-0.25, -0.2) is 4.39 Å². The summed E-state index contributed by atoms with van der Waals surface area (Å²) >= 11 is 0. The summed E-state index contributed by atoms with van der Waals surface area (Å²) in [5.41, 5.74) is 1.95. The number of hydrogen-bond acceptors (Lipinski definition) is 0. The van der Waals surface area contributed by atoms with Gasteiger partial charge in [-0.15, -0.1) is 0 Å². The van der Waals surface area contributed by atoms with E-state index in [-0.39, 0.29) is 5.82 Å². The molecule has 84 valence electrons. The molecule has 1 aromatic rings. The molecule has 0 heterocycles. The molecule has 0 nitrogen and oxygen atoms in total. The molecule has 0 unspecified atom stereocenters. The predicted octanol–water partition coefficient (Wildman–Crippen LogP) is 4.82. The molecule has 0 spiro atoms. The van der Waals surface area contributed by atoms with Crippen molar-refractivity contribution >= 4 is 0 Å². The van der Waals surface area contributed by atoms with Crippen LogP contribution in [0.4, 0.5) is 4.39 Å². The van der Waals surface area contributed by atoms with Gasteiger partial charge in [0.05, 0.1) is 0 Å². The summed E-state index contributed by atoms with van der Waals surface area (Å²) in [6.45, 7) is 5.93. The molecule has 1 aliphatic rings. The van der Waals surface area contributed by atoms with Crippen molar-refractivity contribution in [3.63, 3.8) is 0 Å². The first kappa shape index (κ1) is 12.2. The van der Waals surface area contributed by atoms with Gasteiger partial charge in [0.25, 0.3) is 0 Å². The number of aryl methyl sites for hydroxylation is 1. The Balaban J connectivity index is 0.000000531. The van der Waals surface area contributed by atoms with Crippen LogP contribution in [0.1, 0.15) is 56.6 Å². The van der Waals surface area contributed by atoms with E-state index in [4.69, 9.17) is 0 Å². The highest BCUT2D eigenvalue weighted by Gasteiger charge is 2.19. The maximum Gasteiger partial charge on any atom is 0.126 e. The maximum absolute atomic E-state index is 13.5. The third kappa shape index (κ3) is 3.05. The normalized spacial score (nSPS) is 16.0. The van der Waals surface area contributed by atoms with Crippen LogP contribution in [0.25, 0.3) is 0 Å². The Morgan fingerprint density at radius 3 is 2.27 bits per heavy atom. The molecule has 1 aliphatic carbocycles. The van der Waals surface area contributed by atoms with Crippen molar-refractivity contribution in [1.29, 1.82) is 0 Å². The quantitative estimate of drug-likeness (QED) is 0.620. The van der Waals surface area contributed by atoms with Crippen molar-refractivity contribution in [2.45, 2.75) is 52.4 Å². The van der Waals surface area contributed by atoms with Crippen LogP contribution < -0.4 is 0 Å². The van der Waals surface area contributed by atoms with E-state index < -0.39 is 0 Å². The molecule has 0 saturated heterocycles. The number of benzene rings is 1. The summed E-state index contributed by atoms with van der Waals surface area (Å²) in [6, 6.07) is 5.62. The van der Waals surface area contributed by atoms with Gasteiger partial charge in [0, 0.05) is 0 Å². The molecule has 0 bridgehead atoms. The number of hydrogen-bond donors (Lipinski definition) is 0. The molecular formula is C14H21F. The van der Waals surface area contributed by atoms with Gasteiger partial charge in [-0.2, -0.15) is 0 Å². The fraction of sp³-hybridized carbons (Fsp3) is 0.571. The van der Waals surface area contributed by atoms with Crippen molar-refractivity contribution < 1.29 is 4.39 Å². The lowest BCUT2D eigenvalue weighted by molar-refractivity contribution is 0.579. The molecule has 1 saturated carbocycles. The number of rotatable bonds is 1. The van der Waals surface area contributed by atoms with Gasteiger partial charge in [-0.05, 0) is 42.9 Å². The second-order valence-corrected chi connectivity index (χ2v) is 4.01. The maximum atomic E-state index is 13.5. The van der Waals surface area contributed by atoms with Gasteiger partial charge in [-0.1, -0.05) is 38.8 Å². The Labute approximate surface area is 92.5 Å². The zero-order valence-corrected chi connectivity index (χ0v) is 10.0. The third-order valence-corrected chi connectivity index (χ3v) is 2.95. The SMILES string of the molecule is CC.Cc1ccc(C2CCCC2)c(F)c1. The summed E-state index contributed by atoms with van der Waals surface area (Å²) < 4.78 is 13.5. The summed E-state index contributed by atoms with van der Waals surface area (Å²) in [4.78, 5) is 0. The topological polar surface area (TPSA) is 0 Å². The fourth-order valence-corrected chi connectivity index (χ4v) is 2.20. The molecule has 0 radical (unpaired) electrons. The molecule has 0 aromatic heterocycles. The van der Waals surface area contributed by atoms with E-state index in [2.05, 4.69) is 0 Å². The van der Waals surface area contributed by atoms with E-state index in [9.17, 15) is 4.39 Å². The fourth-order valence-electron chi connectivity index (χ4n) is 2.20. The van der Waals surface area contributed by atoms with E-state index in [1.54, 1.807) is 6.07 Å². The van der Waals surface area contributed by atoms with Crippen molar-refractivity contribution in [3.05, 3.63) is 35.1 Å². The van der Waals surface area contributed by atoms with Gasteiger partial charge < -0.3 is 0 Å². The van der Waals surface area contributed by atoms with Gasteiger partial charge in [0.1, 0.15) is 5.82 Å². The van der Waals surface area contributed by atoms with E-state index >= 15 is 0 Å². The van der Waals surface area contributed by atoms with Crippen LogP contribution >= 0.6 is 0 Å². The first-order chi connectivity index (χ1) is 7.27. The molecule has 1 aromatic carbocycles. The smallest absolute Gasteiger partial charge is 0.126 e. The van der Waals surface area contributed by atoms with Crippen LogP contribution in [0.5, 0.6) is 0 Å². The summed E-state index contributed by atoms with van der Waals surface area (Å²) in [5.74, 6) is 0.479. The molecule has 2 rings (SSSR count). The minimum Gasteiger partial charge on any atom is -0.207 e. The minimum atomic E-state index is -0.00750. The van der Waals surface area contributed by atoms with E-state index in [0.29, 0.717) is 5.92 Å². The highest BCUT2D eigenvalue weighted by Crippen LogP contribution is 2.35. The molecule has 0 atom stereocenters. The Morgan fingerprint density at radius 2 is 1.73 bits per heavy atom. The van der Waals surface area contributed by atoms with Crippen molar-refractivity contribution in [1.82, 2.24) is 0 Å². The molecule has 1 fully saturated rings. The van der Waals surface area contributed by atoms with Crippen molar-refractivity contribution in [3.8, 4) is 0 Å². The standard InChI is InChI=1S/C12H15F.C2H6/c1-9-6-7-11(12(13)8-9)10-4-2-3-5-10;1-2/h6-8,10H,2-5H2,1H3;1-2H3. The zero-order chi connectivity index (χ0) is 11.3. The van der Waals surface area contributed by atoms with Crippen LogP contribution in [-0.2, 0) is 0 Å². The van der Waals surface area contributed by atoms with Crippen LogP contribution in [0, 0.1) is 12.7 Å². The largest absolute Gasteiger partial charge is 0.207 e. The second-order valence-electron chi connectivity index (χ2n) is 4.01. The lowest BCUT2D eigenvalue weighted by Crippen LogP contribution is -1.96. The highest BCUT2D eigenvalue weighted by atomic mass is 19.1. The van der Waals surface area contributed by atoms with Crippen LogP contribution in [0.2, 0.25) is 0 Å². The third-order valence-electron chi connectivity index (χ3n) is 2.95. The predicted molar refractivity (Wildman–Crippen MR) is 63.7 cm³/mol. The summed E-state index contributed by atoms with van der Waals surface area (Å²) in [5, 5.41) is 0. The van der Waals surface area contributed by atoms with Gasteiger partial charge >= 0.3 is 0 Å². The Hall–Kier alpha value is -0.850. The molecular weight excluding hydrogens is 187 g/mol. The van der Waals surface area contributed by atoms with Gasteiger partial charge in [0.15, 0.2) is 0 Å². The number of halogens is 1. The van der Waals surface area contributed by atoms with Crippen LogP contribution in [0.15, 0.2) is 18.2 Å². The monoisotopic (exact) mass is 208 g/mol. The molecule has 1 heteroatoms. The Bertz CT molecular complexity index is 298. The lowest BCUT2D eigenvalue weighted by atomic mass is 9.96. The molecule has 0 aliphatic heterocycles. The lowest BCUT2D eigenvalue weighted by Gasteiger charge is -2.10. The van der Waals surface area contributed by atoms with Crippen molar-refractivity contribution in [2.75, 3.05) is 0 Å². The summed E-state index contributed by atoms with van der Waals surface area (Å²) in [7, 11) is 0. The first-order valence-corrected chi connectivity index (χ1v) is 6.03. The average molecular weight is 208 g/mol. The minimum absolute atomic E-state index is 0.00750. The first-order valence-electron chi connectivity index (χ1n) is 6.03. The van der Waals surface area contributed by atoms with Gasteiger partial charge in [0.2, 0.25) is 0 Å². The summed E-state index contributed by atoms with van der Waals surface area (Å²) in [6.07, 6.45) is 4.86.